The molecule has 2 heterocycles. The van der Waals surface area contributed by atoms with Crippen LogP contribution in [0.1, 0.15) is 46.8 Å². The van der Waals surface area contributed by atoms with Gasteiger partial charge in [0.2, 0.25) is 5.91 Å². The molecule has 0 aliphatic carbocycles. The largest absolute Gasteiger partial charge is 0.343 e. The average Bonchev–Trinajstić information content (AvgIpc) is 3.30. The summed E-state index contributed by atoms with van der Waals surface area (Å²) in [7, 11) is 0. The van der Waals surface area contributed by atoms with E-state index < -0.39 is 0 Å². The van der Waals surface area contributed by atoms with Crippen molar-refractivity contribution in [3.8, 4) is 0 Å². The van der Waals surface area contributed by atoms with Crippen molar-refractivity contribution in [1.82, 2.24) is 9.80 Å². The molecule has 2 aliphatic heterocycles. The fraction of sp³-hybridized carbons (Fsp3) is 0.333. The van der Waals surface area contributed by atoms with E-state index in [4.69, 9.17) is 0 Å². The van der Waals surface area contributed by atoms with E-state index in [1.807, 2.05) is 29.2 Å². The molecular weight excluding hydrogens is 331 g/mol. The summed E-state index contributed by atoms with van der Waals surface area (Å²) in [5.41, 5.74) is 2.45. The lowest BCUT2D eigenvalue weighted by atomic mass is 10.0. The number of nitrogens with zero attached hydrogens (tertiary/aromatic N) is 2. The number of hydrogen-bond acceptors (Lipinski definition) is 2. The zero-order chi connectivity index (χ0) is 18.1. The molecule has 4 rings (SSSR count). The SMILES string of the molecule is O=C(C[C@@H](c1ccc(F)cc1)N1Cc2ccccc2C1=O)N1CCCC1. The van der Waals surface area contributed by atoms with Crippen molar-refractivity contribution in [2.75, 3.05) is 13.1 Å². The van der Waals surface area contributed by atoms with Crippen LogP contribution in [0.3, 0.4) is 0 Å². The van der Waals surface area contributed by atoms with Crippen LogP contribution in [-0.4, -0.2) is 34.7 Å². The minimum Gasteiger partial charge on any atom is -0.343 e. The average molecular weight is 352 g/mol. The first-order chi connectivity index (χ1) is 12.6. The third kappa shape index (κ3) is 3.09. The third-order valence-corrected chi connectivity index (χ3v) is 5.31. The highest BCUT2D eigenvalue weighted by Crippen LogP contribution is 2.34. The number of amides is 2. The third-order valence-electron chi connectivity index (χ3n) is 5.31. The number of benzene rings is 2. The number of likely N-dealkylation sites (tertiary alicyclic amines) is 1. The van der Waals surface area contributed by atoms with Gasteiger partial charge < -0.3 is 9.80 Å². The molecule has 0 radical (unpaired) electrons. The summed E-state index contributed by atoms with van der Waals surface area (Å²) in [5.74, 6) is -0.334. The van der Waals surface area contributed by atoms with Crippen LogP contribution < -0.4 is 0 Å². The smallest absolute Gasteiger partial charge is 0.255 e. The topological polar surface area (TPSA) is 40.6 Å². The van der Waals surface area contributed by atoms with Gasteiger partial charge in [-0.05, 0) is 42.2 Å². The van der Waals surface area contributed by atoms with Crippen molar-refractivity contribution in [2.24, 2.45) is 0 Å². The highest BCUT2D eigenvalue weighted by atomic mass is 19.1. The van der Waals surface area contributed by atoms with Gasteiger partial charge >= 0.3 is 0 Å². The number of carbonyl (C=O) groups is 2. The first-order valence-electron chi connectivity index (χ1n) is 9.05. The second-order valence-electron chi connectivity index (χ2n) is 6.95. The zero-order valence-electron chi connectivity index (χ0n) is 14.5. The second kappa shape index (κ2) is 6.90. The summed E-state index contributed by atoms with van der Waals surface area (Å²) in [4.78, 5) is 29.3. The molecule has 5 heteroatoms. The Kier molecular flexibility index (Phi) is 4.45. The van der Waals surface area contributed by atoms with Crippen molar-refractivity contribution in [2.45, 2.75) is 31.8 Å². The Bertz CT molecular complexity index is 828. The highest BCUT2D eigenvalue weighted by Gasteiger charge is 2.35. The van der Waals surface area contributed by atoms with Gasteiger partial charge in [-0.1, -0.05) is 30.3 Å². The van der Waals surface area contributed by atoms with Crippen molar-refractivity contribution >= 4 is 11.8 Å². The van der Waals surface area contributed by atoms with Gasteiger partial charge in [0.15, 0.2) is 0 Å². The first kappa shape index (κ1) is 16.8. The maximum Gasteiger partial charge on any atom is 0.255 e. The summed E-state index contributed by atoms with van der Waals surface area (Å²) < 4.78 is 13.4. The van der Waals surface area contributed by atoms with Crippen molar-refractivity contribution in [3.63, 3.8) is 0 Å². The van der Waals surface area contributed by atoms with Crippen molar-refractivity contribution < 1.29 is 14.0 Å². The van der Waals surface area contributed by atoms with Gasteiger partial charge in [0.25, 0.3) is 5.91 Å². The Morgan fingerprint density at radius 1 is 1.04 bits per heavy atom. The molecule has 26 heavy (non-hydrogen) atoms. The van der Waals surface area contributed by atoms with Crippen LogP contribution >= 0.6 is 0 Å². The maximum atomic E-state index is 13.4. The van der Waals surface area contributed by atoms with Crippen LogP contribution in [0.15, 0.2) is 48.5 Å². The molecule has 0 aromatic heterocycles. The Labute approximate surface area is 152 Å². The maximum absolute atomic E-state index is 13.4. The summed E-state index contributed by atoms with van der Waals surface area (Å²) >= 11 is 0. The number of hydrogen-bond donors (Lipinski definition) is 0. The number of rotatable bonds is 4. The molecule has 0 bridgehead atoms. The van der Waals surface area contributed by atoms with E-state index in [1.54, 1.807) is 17.0 Å². The van der Waals surface area contributed by atoms with Crippen molar-refractivity contribution in [1.29, 1.82) is 0 Å². The van der Waals surface area contributed by atoms with Crippen LogP contribution in [0.4, 0.5) is 4.39 Å². The van der Waals surface area contributed by atoms with Crippen LogP contribution in [-0.2, 0) is 11.3 Å². The van der Waals surface area contributed by atoms with Crippen LogP contribution in [0.2, 0.25) is 0 Å². The fourth-order valence-electron chi connectivity index (χ4n) is 3.88. The van der Waals surface area contributed by atoms with E-state index in [-0.39, 0.29) is 30.1 Å². The molecule has 1 fully saturated rings. The Morgan fingerprint density at radius 3 is 2.42 bits per heavy atom. The zero-order valence-corrected chi connectivity index (χ0v) is 14.5. The Hall–Kier alpha value is -2.69. The van der Waals surface area contributed by atoms with Gasteiger partial charge in [-0.3, -0.25) is 9.59 Å². The minimum absolute atomic E-state index is 0.0561. The summed E-state index contributed by atoms with van der Waals surface area (Å²) in [5, 5.41) is 0. The van der Waals surface area contributed by atoms with Gasteiger partial charge in [0.1, 0.15) is 5.82 Å². The lowest BCUT2D eigenvalue weighted by Crippen LogP contribution is -2.35. The molecule has 2 amide bonds. The standard InChI is InChI=1S/C21H21FN2O2/c22-17-9-7-15(8-10-17)19(13-20(25)23-11-3-4-12-23)24-14-16-5-1-2-6-18(16)21(24)26/h1-2,5-10,19H,3-4,11-14H2/t19-/m0/s1. The lowest BCUT2D eigenvalue weighted by molar-refractivity contribution is -0.131. The number of carbonyl (C=O) groups excluding carboxylic acids is 2. The number of halogens is 1. The van der Waals surface area contributed by atoms with Gasteiger partial charge in [-0.25, -0.2) is 4.39 Å². The van der Waals surface area contributed by atoms with Crippen LogP contribution in [0.25, 0.3) is 0 Å². The van der Waals surface area contributed by atoms with E-state index in [1.165, 1.54) is 12.1 Å². The van der Waals surface area contributed by atoms with Gasteiger partial charge in [0, 0.05) is 25.2 Å². The minimum atomic E-state index is -0.386. The van der Waals surface area contributed by atoms with Gasteiger partial charge in [-0.15, -0.1) is 0 Å². The molecule has 0 unspecified atom stereocenters. The fourth-order valence-corrected chi connectivity index (χ4v) is 3.88. The molecule has 0 spiro atoms. The highest BCUT2D eigenvalue weighted by molar-refractivity contribution is 5.98. The van der Waals surface area contributed by atoms with E-state index in [9.17, 15) is 14.0 Å². The van der Waals surface area contributed by atoms with Crippen molar-refractivity contribution in [3.05, 3.63) is 71.0 Å². The summed E-state index contributed by atoms with van der Waals surface area (Å²) in [6.45, 7) is 2.04. The number of fused-ring (bicyclic) bond motifs is 1. The quantitative estimate of drug-likeness (QED) is 0.844. The summed E-state index contributed by atoms with van der Waals surface area (Å²) in [6.07, 6.45) is 2.29. The molecule has 2 aromatic carbocycles. The molecule has 2 aliphatic rings. The predicted molar refractivity (Wildman–Crippen MR) is 95.9 cm³/mol. The van der Waals surface area contributed by atoms with E-state index in [2.05, 4.69) is 0 Å². The van der Waals surface area contributed by atoms with E-state index in [0.29, 0.717) is 12.1 Å². The Balaban J connectivity index is 1.63. The molecular formula is C21H21FN2O2. The molecule has 134 valence electrons. The molecule has 1 saturated heterocycles. The van der Waals surface area contributed by atoms with Gasteiger partial charge in [0.05, 0.1) is 12.5 Å². The lowest BCUT2D eigenvalue weighted by Gasteiger charge is -2.29. The normalized spacial score (nSPS) is 17.5. The van der Waals surface area contributed by atoms with Gasteiger partial charge in [-0.2, -0.15) is 0 Å². The predicted octanol–water partition coefficient (Wildman–Crippen LogP) is 3.54. The van der Waals surface area contributed by atoms with Crippen LogP contribution in [0, 0.1) is 5.82 Å². The van der Waals surface area contributed by atoms with E-state index >= 15 is 0 Å². The molecule has 4 nitrogen and oxygen atoms in total. The van der Waals surface area contributed by atoms with E-state index in [0.717, 1.165) is 37.1 Å². The second-order valence-corrected chi connectivity index (χ2v) is 6.95. The van der Waals surface area contributed by atoms with Crippen LogP contribution in [0.5, 0.6) is 0 Å². The molecule has 2 aromatic rings. The summed E-state index contributed by atoms with van der Waals surface area (Å²) in [6, 6.07) is 13.3. The molecule has 1 atom stereocenters. The molecule has 0 N–H and O–H groups in total. The Morgan fingerprint density at radius 2 is 1.73 bits per heavy atom. The molecule has 0 saturated carbocycles. The first-order valence-corrected chi connectivity index (χ1v) is 9.05. The monoisotopic (exact) mass is 352 g/mol.